The minimum Gasteiger partial charge on any atom is -0.382 e. The standard InChI is InChI=1S/C12H20N4O2S/c1-3-4-15(2)12-14-10(13)9(19-12)11(17)16-5-7-18-8-6-16/h3-8,13H2,1-2H3. The van der Waals surface area contributed by atoms with E-state index < -0.39 is 0 Å². The number of nitrogens with zero attached hydrogens (tertiary/aromatic N) is 3. The minimum atomic E-state index is -0.0329. The fourth-order valence-electron chi connectivity index (χ4n) is 1.98. The van der Waals surface area contributed by atoms with Gasteiger partial charge in [-0.25, -0.2) is 4.98 Å². The van der Waals surface area contributed by atoms with Crippen LogP contribution in [-0.2, 0) is 4.74 Å². The second kappa shape index (κ2) is 6.21. The maximum atomic E-state index is 12.4. The van der Waals surface area contributed by atoms with Crippen molar-refractivity contribution in [1.82, 2.24) is 9.88 Å². The molecule has 0 bridgehead atoms. The third-order valence-corrected chi connectivity index (χ3v) is 4.19. The van der Waals surface area contributed by atoms with E-state index in [4.69, 9.17) is 10.5 Å². The van der Waals surface area contributed by atoms with Crippen LogP contribution in [0.5, 0.6) is 0 Å². The first-order chi connectivity index (χ1) is 9.13. The number of nitrogens with two attached hydrogens (primary N) is 1. The van der Waals surface area contributed by atoms with Crippen molar-refractivity contribution < 1.29 is 9.53 Å². The number of carbonyl (C=O) groups is 1. The van der Waals surface area contributed by atoms with Gasteiger partial charge in [0.15, 0.2) is 5.13 Å². The van der Waals surface area contributed by atoms with E-state index in [-0.39, 0.29) is 5.91 Å². The SMILES string of the molecule is CCCN(C)c1nc(N)c(C(=O)N2CCOCC2)s1. The van der Waals surface area contributed by atoms with E-state index in [1.807, 2.05) is 11.9 Å². The predicted molar refractivity (Wildman–Crippen MR) is 76.8 cm³/mol. The summed E-state index contributed by atoms with van der Waals surface area (Å²) in [6, 6.07) is 0. The van der Waals surface area contributed by atoms with E-state index in [9.17, 15) is 4.79 Å². The molecule has 7 heteroatoms. The van der Waals surface area contributed by atoms with Gasteiger partial charge in [-0.2, -0.15) is 0 Å². The molecule has 106 valence electrons. The molecule has 0 aliphatic carbocycles. The van der Waals surface area contributed by atoms with Gasteiger partial charge in [0.25, 0.3) is 5.91 Å². The van der Waals surface area contributed by atoms with E-state index >= 15 is 0 Å². The number of carbonyl (C=O) groups excluding carboxylic acids is 1. The number of ether oxygens (including phenoxy) is 1. The zero-order valence-corrected chi connectivity index (χ0v) is 12.2. The van der Waals surface area contributed by atoms with Crippen molar-refractivity contribution in [3.63, 3.8) is 0 Å². The highest BCUT2D eigenvalue weighted by Crippen LogP contribution is 2.28. The van der Waals surface area contributed by atoms with Crippen molar-refractivity contribution in [2.75, 3.05) is 50.5 Å². The summed E-state index contributed by atoms with van der Waals surface area (Å²) in [4.78, 5) is 21.0. The molecule has 1 aromatic rings. The van der Waals surface area contributed by atoms with Gasteiger partial charge >= 0.3 is 0 Å². The van der Waals surface area contributed by atoms with Gasteiger partial charge in [0.05, 0.1) is 13.2 Å². The van der Waals surface area contributed by atoms with Crippen molar-refractivity contribution >= 4 is 28.2 Å². The molecule has 1 aliphatic rings. The van der Waals surface area contributed by atoms with Crippen molar-refractivity contribution in [2.45, 2.75) is 13.3 Å². The first kappa shape index (κ1) is 14.1. The number of thiazole rings is 1. The van der Waals surface area contributed by atoms with Crippen LogP contribution in [0.4, 0.5) is 10.9 Å². The zero-order valence-electron chi connectivity index (χ0n) is 11.4. The third-order valence-electron chi connectivity index (χ3n) is 3.02. The van der Waals surface area contributed by atoms with Crippen LogP contribution in [0.2, 0.25) is 0 Å². The number of nitrogen functional groups attached to an aromatic ring is 1. The van der Waals surface area contributed by atoms with Crippen LogP contribution in [0.15, 0.2) is 0 Å². The number of rotatable bonds is 4. The van der Waals surface area contributed by atoms with Gasteiger partial charge in [0.2, 0.25) is 0 Å². The molecular weight excluding hydrogens is 264 g/mol. The normalized spacial score (nSPS) is 15.6. The van der Waals surface area contributed by atoms with E-state index in [0.29, 0.717) is 37.0 Å². The molecule has 0 atom stereocenters. The summed E-state index contributed by atoms with van der Waals surface area (Å²) < 4.78 is 5.25. The zero-order chi connectivity index (χ0) is 13.8. The molecular formula is C12H20N4O2S. The molecule has 0 unspecified atom stereocenters. The van der Waals surface area contributed by atoms with Gasteiger partial charge in [-0.05, 0) is 6.42 Å². The summed E-state index contributed by atoms with van der Waals surface area (Å²) in [5.74, 6) is 0.300. The molecule has 0 aromatic carbocycles. The van der Waals surface area contributed by atoms with Crippen LogP contribution in [-0.4, -0.2) is 55.7 Å². The van der Waals surface area contributed by atoms with Gasteiger partial charge in [-0.15, -0.1) is 0 Å². The Balaban J connectivity index is 2.13. The molecule has 1 aliphatic heterocycles. The lowest BCUT2D eigenvalue weighted by Crippen LogP contribution is -2.40. The molecule has 2 rings (SSSR count). The van der Waals surface area contributed by atoms with Crippen LogP contribution in [0.1, 0.15) is 23.0 Å². The van der Waals surface area contributed by atoms with Gasteiger partial charge in [-0.1, -0.05) is 18.3 Å². The highest BCUT2D eigenvalue weighted by atomic mass is 32.1. The van der Waals surface area contributed by atoms with Crippen molar-refractivity contribution in [3.05, 3.63) is 4.88 Å². The van der Waals surface area contributed by atoms with Gasteiger partial charge < -0.3 is 20.3 Å². The van der Waals surface area contributed by atoms with Gasteiger partial charge in [0, 0.05) is 26.7 Å². The Morgan fingerprint density at radius 3 is 2.84 bits per heavy atom. The second-order valence-corrected chi connectivity index (χ2v) is 5.51. The molecule has 1 aromatic heterocycles. The summed E-state index contributed by atoms with van der Waals surface area (Å²) in [7, 11) is 1.96. The van der Waals surface area contributed by atoms with Crippen molar-refractivity contribution in [1.29, 1.82) is 0 Å². The smallest absolute Gasteiger partial charge is 0.268 e. The third kappa shape index (κ3) is 3.16. The Kier molecular flexibility index (Phi) is 4.60. The molecule has 0 spiro atoms. The van der Waals surface area contributed by atoms with E-state index in [1.54, 1.807) is 4.90 Å². The Morgan fingerprint density at radius 2 is 2.21 bits per heavy atom. The number of anilines is 2. The first-order valence-electron chi connectivity index (χ1n) is 6.48. The lowest BCUT2D eigenvalue weighted by Gasteiger charge is -2.26. The maximum absolute atomic E-state index is 12.4. The second-order valence-electron chi connectivity index (χ2n) is 4.54. The van der Waals surface area contributed by atoms with E-state index in [0.717, 1.165) is 18.1 Å². The van der Waals surface area contributed by atoms with Crippen LogP contribution in [0.3, 0.4) is 0 Å². The lowest BCUT2D eigenvalue weighted by molar-refractivity contribution is 0.0306. The highest BCUT2D eigenvalue weighted by Gasteiger charge is 2.24. The maximum Gasteiger partial charge on any atom is 0.268 e. The molecule has 1 saturated heterocycles. The van der Waals surface area contributed by atoms with E-state index in [2.05, 4.69) is 11.9 Å². The molecule has 2 heterocycles. The predicted octanol–water partition coefficient (Wildman–Crippen LogP) is 1.04. The van der Waals surface area contributed by atoms with Crippen LogP contribution < -0.4 is 10.6 Å². The molecule has 2 N–H and O–H groups in total. The fraction of sp³-hybridized carbons (Fsp3) is 0.667. The number of aromatic nitrogens is 1. The Labute approximate surface area is 117 Å². The average molecular weight is 284 g/mol. The Morgan fingerprint density at radius 1 is 1.53 bits per heavy atom. The summed E-state index contributed by atoms with van der Waals surface area (Å²) in [5.41, 5.74) is 5.88. The van der Waals surface area contributed by atoms with Crippen molar-refractivity contribution in [3.8, 4) is 0 Å². The van der Waals surface area contributed by atoms with Gasteiger partial charge in [0.1, 0.15) is 10.7 Å². The number of hydrogen-bond acceptors (Lipinski definition) is 6. The molecule has 0 radical (unpaired) electrons. The quantitative estimate of drug-likeness (QED) is 0.894. The summed E-state index contributed by atoms with van der Waals surface area (Å²) in [6.45, 7) is 5.43. The average Bonchev–Trinajstić information content (AvgIpc) is 2.81. The summed E-state index contributed by atoms with van der Waals surface area (Å²) in [6.07, 6.45) is 1.03. The Bertz CT molecular complexity index is 443. The lowest BCUT2D eigenvalue weighted by atomic mass is 10.3. The highest BCUT2D eigenvalue weighted by molar-refractivity contribution is 7.18. The first-order valence-corrected chi connectivity index (χ1v) is 7.29. The van der Waals surface area contributed by atoms with Crippen LogP contribution in [0.25, 0.3) is 0 Å². The largest absolute Gasteiger partial charge is 0.382 e. The van der Waals surface area contributed by atoms with Gasteiger partial charge in [-0.3, -0.25) is 4.79 Å². The number of hydrogen-bond donors (Lipinski definition) is 1. The molecule has 0 saturated carbocycles. The fourth-order valence-corrected chi connectivity index (χ4v) is 2.92. The topological polar surface area (TPSA) is 71.7 Å². The molecule has 1 amide bonds. The monoisotopic (exact) mass is 284 g/mol. The summed E-state index contributed by atoms with van der Waals surface area (Å²) >= 11 is 1.37. The number of morpholine rings is 1. The number of amides is 1. The van der Waals surface area contributed by atoms with Crippen LogP contribution >= 0.6 is 11.3 Å². The Hall–Kier alpha value is -1.34. The molecule has 19 heavy (non-hydrogen) atoms. The molecule has 6 nitrogen and oxygen atoms in total. The van der Waals surface area contributed by atoms with Crippen molar-refractivity contribution in [2.24, 2.45) is 0 Å². The molecule has 1 fully saturated rings. The van der Waals surface area contributed by atoms with E-state index in [1.165, 1.54) is 11.3 Å². The van der Waals surface area contributed by atoms with Crippen LogP contribution in [0, 0.1) is 0 Å². The summed E-state index contributed by atoms with van der Waals surface area (Å²) in [5, 5.41) is 0.802. The minimum absolute atomic E-state index is 0.0329.